The summed E-state index contributed by atoms with van der Waals surface area (Å²) in [6.07, 6.45) is 2.98. The van der Waals surface area contributed by atoms with E-state index in [0.717, 1.165) is 43.1 Å². The Morgan fingerprint density at radius 3 is 2.55 bits per heavy atom. The second kappa shape index (κ2) is 8.28. The van der Waals surface area contributed by atoms with Crippen molar-refractivity contribution in [1.29, 1.82) is 0 Å². The van der Waals surface area contributed by atoms with Gasteiger partial charge in [-0.05, 0) is 119 Å². The number of carbonyl (C=O) groups is 1. The summed E-state index contributed by atoms with van der Waals surface area (Å²) in [6.45, 7) is 6.22. The van der Waals surface area contributed by atoms with Gasteiger partial charge in [0.2, 0.25) is 0 Å². The molecular weight excluding hydrogens is 619 g/mol. The van der Waals surface area contributed by atoms with Crippen molar-refractivity contribution in [2.75, 3.05) is 13.1 Å². The van der Waals surface area contributed by atoms with Crippen LogP contribution in [-0.4, -0.2) is 24.7 Å². The van der Waals surface area contributed by atoms with E-state index in [2.05, 4.69) is 93.0 Å². The SMILES string of the molecule is CCC(C)(OC(=O)c1cc(I)cc(I)c1I)C1CCNCC1. The molecule has 1 unspecified atom stereocenters. The number of carbonyl (C=O) groups excluding carboxylic acids is 1. The fraction of sp³-hybridized carbons (Fsp3) is 0.562. The molecule has 22 heavy (non-hydrogen) atoms. The highest BCUT2D eigenvalue weighted by atomic mass is 127. The number of esters is 1. The van der Waals surface area contributed by atoms with E-state index >= 15 is 0 Å². The highest BCUT2D eigenvalue weighted by Gasteiger charge is 2.37. The summed E-state index contributed by atoms with van der Waals surface area (Å²) in [6, 6.07) is 4.00. The van der Waals surface area contributed by atoms with E-state index in [1.54, 1.807) is 0 Å². The molecular formula is C16H20I3NO2. The van der Waals surface area contributed by atoms with Gasteiger partial charge in [0, 0.05) is 16.6 Å². The molecule has 1 atom stereocenters. The largest absolute Gasteiger partial charge is 0.455 e. The molecule has 1 aromatic rings. The molecule has 0 spiro atoms. The van der Waals surface area contributed by atoms with E-state index < -0.39 is 0 Å². The molecule has 0 aromatic heterocycles. The fourth-order valence-electron chi connectivity index (χ4n) is 2.85. The molecule has 1 fully saturated rings. The zero-order valence-electron chi connectivity index (χ0n) is 12.7. The average molecular weight is 639 g/mol. The molecule has 1 saturated heterocycles. The molecule has 2 rings (SSSR count). The van der Waals surface area contributed by atoms with Crippen LogP contribution in [0.1, 0.15) is 43.5 Å². The number of piperidine rings is 1. The zero-order chi connectivity index (χ0) is 16.3. The van der Waals surface area contributed by atoms with E-state index in [0.29, 0.717) is 11.5 Å². The lowest BCUT2D eigenvalue weighted by molar-refractivity contribution is -0.0501. The van der Waals surface area contributed by atoms with Crippen molar-refractivity contribution in [3.8, 4) is 0 Å². The van der Waals surface area contributed by atoms with Gasteiger partial charge in [-0.15, -0.1) is 0 Å². The van der Waals surface area contributed by atoms with Gasteiger partial charge in [0.05, 0.1) is 5.56 Å². The van der Waals surface area contributed by atoms with Gasteiger partial charge in [-0.1, -0.05) is 6.92 Å². The van der Waals surface area contributed by atoms with Crippen molar-refractivity contribution < 1.29 is 9.53 Å². The quantitative estimate of drug-likeness (QED) is 0.292. The molecule has 1 aliphatic heterocycles. The van der Waals surface area contributed by atoms with Gasteiger partial charge in [-0.2, -0.15) is 0 Å². The van der Waals surface area contributed by atoms with Gasteiger partial charge in [0.1, 0.15) is 5.60 Å². The molecule has 1 aliphatic rings. The maximum atomic E-state index is 12.7. The second-order valence-corrected chi connectivity index (χ2v) is 9.32. The summed E-state index contributed by atoms with van der Waals surface area (Å²) in [5.41, 5.74) is 0.306. The minimum atomic E-state index is -0.380. The third-order valence-corrected chi connectivity index (χ3v) is 8.11. The van der Waals surface area contributed by atoms with Gasteiger partial charge in [0.15, 0.2) is 0 Å². The Balaban J connectivity index is 2.22. The van der Waals surface area contributed by atoms with Gasteiger partial charge in [-0.25, -0.2) is 4.79 Å². The first kappa shape index (κ1) is 19.2. The lowest BCUT2D eigenvalue weighted by Gasteiger charge is -2.39. The molecule has 1 N–H and O–H groups in total. The van der Waals surface area contributed by atoms with Gasteiger partial charge < -0.3 is 10.1 Å². The Morgan fingerprint density at radius 1 is 1.32 bits per heavy atom. The van der Waals surface area contributed by atoms with Crippen LogP contribution in [0.25, 0.3) is 0 Å². The number of benzene rings is 1. The van der Waals surface area contributed by atoms with Crippen LogP contribution in [0.15, 0.2) is 12.1 Å². The van der Waals surface area contributed by atoms with Crippen molar-refractivity contribution in [2.24, 2.45) is 5.92 Å². The molecule has 0 aliphatic carbocycles. The van der Waals surface area contributed by atoms with Crippen LogP contribution >= 0.6 is 67.8 Å². The van der Waals surface area contributed by atoms with E-state index in [1.807, 2.05) is 6.07 Å². The number of ether oxygens (including phenoxy) is 1. The molecule has 0 saturated carbocycles. The maximum Gasteiger partial charge on any atom is 0.339 e. The summed E-state index contributed by atoms with van der Waals surface area (Å²) in [7, 11) is 0. The Labute approximate surface area is 173 Å². The van der Waals surface area contributed by atoms with Crippen LogP contribution in [0.3, 0.4) is 0 Å². The lowest BCUT2D eigenvalue weighted by atomic mass is 9.80. The van der Waals surface area contributed by atoms with Crippen LogP contribution in [0.2, 0.25) is 0 Å². The number of hydrogen-bond acceptors (Lipinski definition) is 3. The van der Waals surface area contributed by atoms with Crippen LogP contribution < -0.4 is 5.32 Å². The van der Waals surface area contributed by atoms with Crippen molar-refractivity contribution in [3.63, 3.8) is 0 Å². The predicted molar refractivity (Wildman–Crippen MR) is 114 cm³/mol. The van der Waals surface area contributed by atoms with Crippen LogP contribution in [-0.2, 0) is 4.74 Å². The molecule has 1 heterocycles. The molecule has 0 radical (unpaired) electrons. The van der Waals surface area contributed by atoms with Crippen LogP contribution in [0.4, 0.5) is 0 Å². The van der Waals surface area contributed by atoms with Crippen LogP contribution in [0, 0.1) is 16.6 Å². The number of hydrogen-bond donors (Lipinski definition) is 1. The third kappa shape index (κ3) is 4.47. The van der Waals surface area contributed by atoms with E-state index in [9.17, 15) is 4.79 Å². The maximum absolute atomic E-state index is 12.7. The topological polar surface area (TPSA) is 38.3 Å². The van der Waals surface area contributed by atoms with Crippen molar-refractivity contribution >= 4 is 73.7 Å². The monoisotopic (exact) mass is 639 g/mol. The van der Waals surface area contributed by atoms with Crippen LogP contribution in [0.5, 0.6) is 0 Å². The fourth-order valence-corrected chi connectivity index (χ4v) is 5.22. The van der Waals surface area contributed by atoms with E-state index in [4.69, 9.17) is 4.74 Å². The molecule has 0 amide bonds. The molecule has 0 bridgehead atoms. The molecule has 122 valence electrons. The number of nitrogens with one attached hydrogen (secondary N) is 1. The minimum absolute atomic E-state index is 0.191. The molecule has 6 heteroatoms. The number of rotatable bonds is 4. The Morgan fingerprint density at radius 2 is 1.95 bits per heavy atom. The average Bonchev–Trinajstić information content (AvgIpc) is 2.51. The van der Waals surface area contributed by atoms with Crippen molar-refractivity contribution in [2.45, 2.75) is 38.7 Å². The second-order valence-electron chi connectivity index (χ2n) is 5.83. The predicted octanol–water partition coefficient (Wildman–Crippen LogP) is 4.83. The summed E-state index contributed by atoms with van der Waals surface area (Å²) in [4.78, 5) is 12.7. The smallest absolute Gasteiger partial charge is 0.339 e. The van der Waals surface area contributed by atoms with Crippen molar-refractivity contribution in [1.82, 2.24) is 5.32 Å². The van der Waals surface area contributed by atoms with Crippen molar-refractivity contribution in [3.05, 3.63) is 28.4 Å². The summed E-state index contributed by atoms with van der Waals surface area (Å²) < 4.78 is 9.16. The Bertz CT molecular complexity index is 559. The third-order valence-electron chi connectivity index (χ3n) is 4.44. The summed E-state index contributed by atoms with van der Waals surface area (Å²) in [5.74, 6) is 0.242. The number of halogens is 3. The van der Waals surface area contributed by atoms with Gasteiger partial charge >= 0.3 is 5.97 Å². The Kier molecular flexibility index (Phi) is 7.22. The highest BCUT2D eigenvalue weighted by molar-refractivity contribution is 14.1. The van der Waals surface area contributed by atoms with E-state index in [-0.39, 0.29) is 11.6 Å². The van der Waals surface area contributed by atoms with Gasteiger partial charge in [0.25, 0.3) is 0 Å². The molecule has 3 nitrogen and oxygen atoms in total. The minimum Gasteiger partial charge on any atom is -0.455 e. The van der Waals surface area contributed by atoms with E-state index in [1.165, 1.54) is 0 Å². The zero-order valence-corrected chi connectivity index (χ0v) is 19.2. The standard InChI is InChI=1S/C16H20I3NO2/c1-3-16(2,10-4-6-20-7-5-10)22-15(21)12-8-11(17)9-13(18)14(12)19/h8-10,20H,3-7H2,1-2H3. The first-order valence-corrected chi connectivity index (χ1v) is 10.7. The lowest BCUT2D eigenvalue weighted by Crippen LogP contribution is -2.44. The first-order chi connectivity index (χ1) is 10.4. The highest BCUT2D eigenvalue weighted by Crippen LogP contribution is 2.34. The normalized spacial score (nSPS) is 18.8. The first-order valence-electron chi connectivity index (χ1n) is 7.46. The summed E-state index contributed by atoms with van der Waals surface area (Å²) >= 11 is 6.75. The summed E-state index contributed by atoms with van der Waals surface area (Å²) in [5, 5.41) is 3.38. The van der Waals surface area contributed by atoms with Gasteiger partial charge in [-0.3, -0.25) is 0 Å². The molecule has 1 aromatic carbocycles. The Hall–Kier alpha value is 0.840.